The van der Waals surface area contributed by atoms with Crippen molar-refractivity contribution in [2.45, 2.75) is 0 Å². The van der Waals surface area contributed by atoms with Crippen LogP contribution in [0.2, 0.25) is 5.02 Å². The van der Waals surface area contributed by atoms with Crippen LogP contribution in [-0.2, 0) is 0 Å². The molecular formula is C22H16Cl2N4O2. The molecule has 0 aliphatic heterocycles. The number of nitrogens with zero attached hydrogens (tertiary/aromatic N) is 3. The number of rotatable bonds is 4. The van der Waals surface area contributed by atoms with Crippen LogP contribution in [0.15, 0.2) is 90.0 Å². The Labute approximate surface area is 183 Å². The summed E-state index contributed by atoms with van der Waals surface area (Å²) in [5.74, 6) is -1.92. The summed E-state index contributed by atoms with van der Waals surface area (Å²) in [5, 5.41) is 13.6. The molecule has 0 saturated carbocycles. The lowest BCUT2D eigenvalue weighted by Gasteiger charge is -2.22. The molecular weight excluding hydrogens is 423 g/mol. The maximum Gasteiger partial charge on any atom is 0.281 e. The van der Waals surface area contributed by atoms with E-state index in [4.69, 9.17) is 28.8 Å². The summed E-state index contributed by atoms with van der Waals surface area (Å²) in [4.78, 5) is 25.6. The van der Waals surface area contributed by atoms with E-state index in [0.717, 1.165) is 5.01 Å². The van der Waals surface area contributed by atoms with Crippen LogP contribution in [0.5, 0.6) is 0 Å². The Kier molecular flexibility index (Phi) is 6.95. The molecule has 0 aromatic heterocycles. The molecule has 3 rings (SSSR count). The molecule has 0 spiro atoms. The normalized spacial score (nSPS) is 10.6. The number of carbonyl (C=O) groups is 2. The van der Waals surface area contributed by atoms with Gasteiger partial charge in [-0.15, -0.1) is 0 Å². The second-order valence-electron chi connectivity index (χ2n) is 6.02. The summed E-state index contributed by atoms with van der Waals surface area (Å²) in [6.45, 7) is 0. The number of hydrogen-bond acceptors (Lipinski definition) is 4. The molecule has 8 heteroatoms. The second kappa shape index (κ2) is 9.82. The molecule has 0 atom stereocenters. The molecule has 3 aromatic carbocycles. The van der Waals surface area contributed by atoms with E-state index >= 15 is 0 Å². The molecule has 0 saturated heterocycles. The summed E-state index contributed by atoms with van der Waals surface area (Å²) in [5.41, 5.74) is 1.07. The molecule has 0 unspecified atom stereocenters. The van der Waals surface area contributed by atoms with Crippen molar-refractivity contribution in [3.8, 4) is 0 Å². The molecule has 0 heterocycles. The zero-order chi connectivity index (χ0) is 21.5. The van der Waals surface area contributed by atoms with Crippen LogP contribution in [0.25, 0.3) is 0 Å². The summed E-state index contributed by atoms with van der Waals surface area (Å²) in [6, 6.07) is 23.4. The minimum absolute atomic E-state index is 0.263. The van der Waals surface area contributed by atoms with E-state index in [1.807, 2.05) is 0 Å². The van der Waals surface area contributed by atoms with Crippen molar-refractivity contribution in [1.29, 1.82) is 5.41 Å². The molecule has 2 amide bonds. The van der Waals surface area contributed by atoms with Gasteiger partial charge in [-0.1, -0.05) is 66.2 Å². The van der Waals surface area contributed by atoms with E-state index in [1.54, 1.807) is 84.9 Å². The maximum atomic E-state index is 13.0. The lowest BCUT2D eigenvalue weighted by atomic mass is 10.2. The first-order valence-electron chi connectivity index (χ1n) is 8.81. The molecule has 0 aliphatic rings. The summed E-state index contributed by atoms with van der Waals surface area (Å²) >= 11 is 12.3. The fourth-order valence-electron chi connectivity index (χ4n) is 2.48. The fraction of sp³-hybridized carbons (Fsp3) is 0. The Hall–Kier alpha value is -3.48. The third kappa shape index (κ3) is 4.92. The zero-order valence-electron chi connectivity index (χ0n) is 15.6. The van der Waals surface area contributed by atoms with E-state index in [-0.39, 0.29) is 11.1 Å². The van der Waals surface area contributed by atoms with Gasteiger partial charge in [0, 0.05) is 33.5 Å². The third-order valence-electron chi connectivity index (χ3n) is 4.02. The van der Waals surface area contributed by atoms with Crippen LogP contribution in [0.1, 0.15) is 26.3 Å². The van der Waals surface area contributed by atoms with Crippen LogP contribution in [0, 0.1) is 5.41 Å². The Bertz CT molecular complexity index is 1090. The number of amides is 2. The molecule has 150 valence electrons. The SMILES string of the molecule is N=C(N(Cl)C(=O)c1ccccc1)N(N=Cc1ccccc1Cl)C(=O)c1ccccc1. The van der Waals surface area contributed by atoms with Crippen LogP contribution in [-0.4, -0.2) is 33.4 Å². The minimum atomic E-state index is -0.666. The van der Waals surface area contributed by atoms with Gasteiger partial charge in [-0.25, -0.2) is 0 Å². The summed E-state index contributed by atoms with van der Waals surface area (Å²) < 4.78 is 0.542. The van der Waals surface area contributed by atoms with Gasteiger partial charge in [-0.05, 0) is 30.3 Å². The van der Waals surface area contributed by atoms with Gasteiger partial charge < -0.3 is 0 Å². The maximum absolute atomic E-state index is 13.0. The number of benzene rings is 3. The first-order chi connectivity index (χ1) is 14.5. The largest absolute Gasteiger partial charge is 0.281 e. The van der Waals surface area contributed by atoms with Crippen LogP contribution in [0.3, 0.4) is 0 Å². The topological polar surface area (TPSA) is 76.8 Å². The van der Waals surface area contributed by atoms with Gasteiger partial charge >= 0.3 is 0 Å². The predicted octanol–water partition coefficient (Wildman–Crippen LogP) is 5.05. The number of hydrazone groups is 1. The van der Waals surface area contributed by atoms with Gasteiger partial charge in [0.05, 0.1) is 6.21 Å². The van der Waals surface area contributed by atoms with Crippen molar-refractivity contribution < 1.29 is 9.59 Å². The highest BCUT2D eigenvalue weighted by Crippen LogP contribution is 2.16. The lowest BCUT2D eigenvalue weighted by Crippen LogP contribution is -2.42. The first-order valence-corrected chi connectivity index (χ1v) is 9.52. The van der Waals surface area contributed by atoms with Crippen molar-refractivity contribution in [3.63, 3.8) is 0 Å². The summed E-state index contributed by atoms with van der Waals surface area (Å²) in [7, 11) is 0. The van der Waals surface area contributed by atoms with Gasteiger partial charge in [0.15, 0.2) is 0 Å². The first kappa shape index (κ1) is 21.2. The molecule has 0 radical (unpaired) electrons. The van der Waals surface area contributed by atoms with Crippen LogP contribution >= 0.6 is 23.4 Å². The molecule has 0 fully saturated rings. The van der Waals surface area contributed by atoms with Crippen LogP contribution < -0.4 is 0 Å². The highest BCUT2D eigenvalue weighted by atomic mass is 35.5. The van der Waals surface area contributed by atoms with Gasteiger partial charge in [-0.2, -0.15) is 14.5 Å². The van der Waals surface area contributed by atoms with E-state index in [1.165, 1.54) is 6.21 Å². The lowest BCUT2D eigenvalue weighted by molar-refractivity contribution is 0.0823. The van der Waals surface area contributed by atoms with Crippen molar-refractivity contribution in [3.05, 3.63) is 107 Å². The third-order valence-corrected chi connectivity index (χ3v) is 4.67. The Morgan fingerprint density at radius 1 is 0.800 bits per heavy atom. The smallest absolute Gasteiger partial charge is 0.267 e. The summed E-state index contributed by atoms with van der Waals surface area (Å²) in [6.07, 6.45) is 1.33. The van der Waals surface area contributed by atoms with Gasteiger partial charge in [0.2, 0.25) is 5.96 Å². The fourth-order valence-corrected chi connectivity index (χ4v) is 2.83. The van der Waals surface area contributed by atoms with E-state index in [2.05, 4.69) is 5.10 Å². The van der Waals surface area contributed by atoms with Crippen molar-refractivity contribution in [2.75, 3.05) is 0 Å². The average molecular weight is 439 g/mol. The number of hydrogen-bond donors (Lipinski definition) is 1. The number of nitrogens with one attached hydrogen (secondary N) is 1. The standard InChI is InChI=1S/C22H16Cl2N4O2/c23-19-14-8-7-13-18(19)15-26-28(21(30)17-11-5-2-6-12-17)22(25)27(24)20(29)16-9-3-1-4-10-16/h1-15,25H. The minimum Gasteiger partial charge on any atom is -0.267 e. The average Bonchev–Trinajstić information content (AvgIpc) is 2.80. The Morgan fingerprint density at radius 2 is 1.30 bits per heavy atom. The second-order valence-corrected chi connectivity index (χ2v) is 6.77. The number of carbonyl (C=O) groups excluding carboxylic acids is 2. The number of guanidine groups is 1. The van der Waals surface area contributed by atoms with Crippen molar-refractivity contribution in [2.24, 2.45) is 5.10 Å². The molecule has 1 N–H and O–H groups in total. The molecule has 6 nitrogen and oxygen atoms in total. The van der Waals surface area contributed by atoms with Gasteiger partial charge in [0.25, 0.3) is 11.8 Å². The number of halogens is 2. The highest BCUT2D eigenvalue weighted by molar-refractivity contribution is 6.34. The van der Waals surface area contributed by atoms with E-state index < -0.39 is 17.8 Å². The Balaban J connectivity index is 1.94. The highest BCUT2D eigenvalue weighted by Gasteiger charge is 2.28. The van der Waals surface area contributed by atoms with Gasteiger partial charge in [-0.3, -0.25) is 15.0 Å². The van der Waals surface area contributed by atoms with E-state index in [9.17, 15) is 9.59 Å². The molecule has 0 bridgehead atoms. The molecule has 30 heavy (non-hydrogen) atoms. The monoisotopic (exact) mass is 438 g/mol. The van der Waals surface area contributed by atoms with Crippen molar-refractivity contribution >= 4 is 47.4 Å². The van der Waals surface area contributed by atoms with Crippen molar-refractivity contribution in [1.82, 2.24) is 9.43 Å². The molecule has 3 aromatic rings. The quantitative estimate of drug-likeness (QED) is 0.267. The van der Waals surface area contributed by atoms with Gasteiger partial charge in [0.1, 0.15) is 0 Å². The van der Waals surface area contributed by atoms with E-state index in [0.29, 0.717) is 15.0 Å². The van der Waals surface area contributed by atoms with Crippen LogP contribution in [0.4, 0.5) is 0 Å². The Morgan fingerprint density at radius 3 is 1.87 bits per heavy atom. The predicted molar refractivity (Wildman–Crippen MR) is 118 cm³/mol. The zero-order valence-corrected chi connectivity index (χ0v) is 17.1. The molecule has 0 aliphatic carbocycles.